The van der Waals surface area contributed by atoms with Gasteiger partial charge in [0, 0.05) is 0 Å². The Balaban J connectivity index is 2.67. The van der Waals surface area contributed by atoms with Crippen molar-refractivity contribution >= 4 is 43.8 Å². The van der Waals surface area contributed by atoms with Gasteiger partial charge in [0.25, 0.3) is 20.2 Å². The third kappa shape index (κ3) is 4.19. The zero-order valence-corrected chi connectivity index (χ0v) is 14.8. The summed E-state index contributed by atoms with van der Waals surface area (Å²) in [4.78, 5) is -0.918. The van der Waals surface area contributed by atoms with Crippen LogP contribution in [0.15, 0.2) is 46.2 Å². The molecule has 0 radical (unpaired) electrons. The van der Waals surface area contributed by atoms with E-state index in [-0.39, 0.29) is 27.4 Å². The molecule has 0 aliphatic rings. The molecule has 0 atom stereocenters. The second-order valence-corrected chi connectivity index (χ2v) is 7.76. The summed E-state index contributed by atoms with van der Waals surface area (Å²) in [7, 11) is -9.19. The van der Waals surface area contributed by atoms with E-state index in [9.17, 15) is 25.9 Å². The van der Waals surface area contributed by atoms with E-state index in [2.05, 4.69) is 10.9 Å². The molecule has 0 spiro atoms. The summed E-state index contributed by atoms with van der Waals surface area (Å²) in [6, 6.07) is 8.27. The SMILES string of the molecule is NNc1ccc(C=Cc2ccccc2S(=O)(=O)O)c(S(=O)(=O)O)c1NN. The van der Waals surface area contributed by atoms with E-state index in [1.54, 1.807) is 0 Å². The van der Waals surface area contributed by atoms with Crippen LogP contribution in [-0.2, 0) is 20.2 Å². The predicted molar refractivity (Wildman–Crippen MR) is 97.1 cm³/mol. The second kappa shape index (κ2) is 7.41. The van der Waals surface area contributed by atoms with Crippen molar-refractivity contribution in [3.63, 3.8) is 0 Å². The van der Waals surface area contributed by atoms with Gasteiger partial charge in [-0.1, -0.05) is 36.4 Å². The van der Waals surface area contributed by atoms with Gasteiger partial charge in [0.2, 0.25) is 0 Å². The first-order valence-electron chi connectivity index (χ1n) is 6.92. The molecule has 26 heavy (non-hydrogen) atoms. The highest BCUT2D eigenvalue weighted by molar-refractivity contribution is 7.86. The fraction of sp³-hybridized carbons (Fsp3) is 0. The molecule has 0 aliphatic heterocycles. The van der Waals surface area contributed by atoms with E-state index in [1.165, 1.54) is 48.6 Å². The van der Waals surface area contributed by atoms with Crippen molar-refractivity contribution < 1.29 is 25.9 Å². The molecule has 0 fully saturated rings. The van der Waals surface area contributed by atoms with Crippen molar-refractivity contribution in [2.45, 2.75) is 9.79 Å². The van der Waals surface area contributed by atoms with Crippen molar-refractivity contribution in [3.05, 3.63) is 47.5 Å². The van der Waals surface area contributed by atoms with Crippen molar-refractivity contribution in [3.8, 4) is 0 Å². The van der Waals surface area contributed by atoms with Gasteiger partial charge in [0.15, 0.2) is 0 Å². The molecule has 0 aliphatic carbocycles. The Labute approximate surface area is 150 Å². The molecule has 0 bridgehead atoms. The summed E-state index contributed by atoms with van der Waals surface area (Å²) in [5, 5.41) is 0. The van der Waals surface area contributed by atoms with Gasteiger partial charge in [0.05, 0.1) is 11.4 Å². The van der Waals surface area contributed by atoms with E-state index >= 15 is 0 Å². The minimum Gasteiger partial charge on any atom is -0.322 e. The normalized spacial score (nSPS) is 12.3. The quantitative estimate of drug-likeness (QED) is 0.176. The molecule has 0 heterocycles. The first-order chi connectivity index (χ1) is 12.1. The van der Waals surface area contributed by atoms with E-state index in [1.807, 2.05) is 0 Å². The highest BCUT2D eigenvalue weighted by Gasteiger charge is 2.22. The van der Waals surface area contributed by atoms with Gasteiger partial charge in [-0.2, -0.15) is 16.8 Å². The lowest BCUT2D eigenvalue weighted by Crippen LogP contribution is -2.17. The number of nitrogen functional groups attached to an aromatic ring is 2. The summed E-state index contributed by atoms with van der Waals surface area (Å²) in [5.74, 6) is 10.6. The summed E-state index contributed by atoms with van der Waals surface area (Å²) < 4.78 is 65.1. The molecular weight excluding hydrogens is 384 g/mol. The molecule has 0 saturated carbocycles. The number of hydrazine groups is 2. The van der Waals surface area contributed by atoms with Gasteiger partial charge >= 0.3 is 0 Å². The molecule has 0 unspecified atom stereocenters. The summed E-state index contributed by atoms with van der Waals surface area (Å²) >= 11 is 0. The maximum absolute atomic E-state index is 11.8. The number of rotatable bonds is 6. The Morgan fingerprint density at radius 3 is 1.96 bits per heavy atom. The molecule has 2 aromatic rings. The Morgan fingerprint density at radius 2 is 1.42 bits per heavy atom. The Hall–Kier alpha value is -2.48. The number of hydrogen-bond acceptors (Lipinski definition) is 8. The largest absolute Gasteiger partial charge is 0.322 e. The lowest BCUT2D eigenvalue weighted by molar-refractivity contribution is 0.481. The maximum Gasteiger partial charge on any atom is 0.297 e. The molecule has 2 aromatic carbocycles. The van der Waals surface area contributed by atoms with Crippen molar-refractivity contribution in [1.82, 2.24) is 0 Å². The van der Waals surface area contributed by atoms with Crippen molar-refractivity contribution in [2.75, 3.05) is 10.9 Å². The smallest absolute Gasteiger partial charge is 0.297 e. The fourth-order valence-electron chi connectivity index (χ4n) is 2.30. The van der Waals surface area contributed by atoms with E-state index in [4.69, 9.17) is 11.7 Å². The molecule has 140 valence electrons. The van der Waals surface area contributed by atoms with Crippen LogP contribution in [0.1, 0.15) is 11.1 Å². The third-order valence-corrected chi connectivity index (χ3v) is 5.27. The number of nitrogens with one attached hydrogen (secondary N) is 2. The lowest BCUT2D eigenvalue weighted by Gasteiger charge is -2.14. The highest BCUT2D eigenvalue weighted by atomic mass is 32.2. The molecule has 12 heteroatoms. The summed E-state index contributed by atoms with van der Waals surface area (Å²) in [5.41, 5.74) is 4.42. The van der Waals surface area contributed by atoms with Crippen LogP contribution < -0.4 is 22.5 Å². The van der Waals surface area contributed by atoms with Gasteiger partial charge in [-0.05, 0) is 23.3 Å². The zero-order chi connectivity index (χ0) is 19.5. The van der Waals surface area contributed by atoms with Gasteiger partial charge in [-0.3, -0.25) is 20.8 Å². The van der Waals surface area contributed by atoms with Gasteiger partial charge in [0.1, 0.15) is 9.79 Å². The van der Waals surface area contributed by atoms with Gasteiger partial charge in [-0.25, -0.2) is 0 Å². The molecule has 0 saturated heterocycles. The molecule has 0 aromatic heterocycles. The van der Waals surface area contributed by atoms with Gasteiger partial charge in [-0.15, -0.1) is 0 Å². The van der Waals surface area contributed by atoms with Crippen LogP contribution in [0, 0.1) is 0 Å². The minimum absolute atomic E-state index is 0.00425. The van der Waals surface area contributed by atoms with Crippen molar-refractivity contribution in [1.29, 1.82) is 0 Å². The minimum atomic E-state index is -4.71. The van der Waals surface area contributed by atoms with Crippen LogP contribution in [0.25, 0.3) is 12.2 Å². The van der Waals surface area contributed by atoms with Crippen LogP contribution in [0.4, 0.5) is 11.4 Å². The first-order valence-corrected chi connectivity index (χ1v) is 9.80. The van der Waals surface area contributed by atoms with Crippen LogP contribution in [0.3, 0.4) is 0 Å². The summed E-state index contributed by atoms with van der Waals surface area (Å²) in [6.07, 6.45) is 2.51. The number of nitrogens with two attached hydrogens (primary N) is 2. The average Bonchev–Trinajstić information content (AvgIpc) is 2.57. The van der Waals surface area contributed by atoms with Crippen LogP contribution >= 0.6 is 0 Å². The predicted octanol–water partition coefficient (Wildman–Crippen LogP) is 0.922. The van der Waals surface area contributed by atoms with E-state index in [0.29, 0.717) is 0 Å². The van der Waals surface area contributed by atoms with E-state index in [0.717, 1.165) is 0 Å². The van der Waals surface area contributed by atoms with Crippen LogP contribution in [0.5, 0.6) is 0 Å². The third-order valence-electron chi connectivity index (χ3n) is 3.39. The van der Waals surface area contributed by atoms with Crippen LogP contribution in [0.2, 0.25) is 0 Å². The number of benzene rings is 2. The van der Waals surface area contributed by atoms with Gasteiger partial charge < -0.3 is 10.9 Å². The first kappa shape index (κ1) is 19.8. The number of hydrogen-bond donors (Lipinski definition) is 6. The topological polar surface area (TPSA) is 185 Å². The van der Waals surface area contributed by atoms with Crippen LogP contribution in [-0.4, -0.2) is 25.9 Å². The Morgan fingerprint density at radius 1 is 0.808 bits per heavy atom. The molecular formula is C14H16N4O6S2. The standard InChI is InChI=1S/C14H16N4O6S2/c15-17-11-8-7-10(14(13(11)18-16)26(22,23)24)6-5-9-3-1-2-4-12(9)25(19,20)21/h1-8,17-18H,15-16H2,(H,19,20,21)(H,22,23,24). The zero-order valence-electron chi connectivity index (χ0n) is 13.1. The molecule has 2 rings (SSSR count). The Bertz CT molecular complexity index is 1060. The maximum atomic E-state index is 11.8. The Kier molecular flexibility index (Phi) is 5.65. The molecule has 0 amide bonds. The average molecular weight is 400 g/mol. The number of anilines is 2. The van der Waals surface area contributed by atoms with E-state index < -0.39 is 25.1 Å². The molecule has 8 N–H and O–H groups in total. The summed E-state index contributed by atoms with van der Waals surface area (Å²) in [6.45, 7) is 0. The fourth-order valence-corrected chi connectivity index (χ4v) is 3.85. The molecule has 10 nitrogen and oxygen atoms in total. The van der Waals surface area contributed by atoms with Crippen molar-refractivity contribution in [2.24, 2.45) is 11.7 Å². The monoisotopic (exact) mass is 400 g/mol. The lowest BCUT2D eigenvalue weighted by atomic mass is 10.1. The highest BCUT2D eigenvalue weighted by Crippen LogP contribution is 2.33. The second-order valence-electron chi connectivity index (χ2n) is 5.02.